The van der Waals surface area contributed by atoms with Crippen LogP contribution in [0.25, 0.3) is 27.5 Å². The Morgan fingerprint density at radius 2 is 1.48 bits per heavy atom. The molecule has 0 nitrogen and oxygen atoms in total. The van der Waals surface area contributed by atoms with Crippen LogP contribution in [0.5, 0.6) is 0 Å². The van der Waals surface area contributed by atoms with Crippen LogP contribution in [-0.4, -0.2) is 6.71 Å². The topological polar surface area (TPSA) is 0 Å². The fourth-order valence-corrected chi connectivity index (χ4v) is 9.53. The zero-order chi connectivity index (χ0) is 32.5. The third kappa shape index (κ3) is 3.52. The smallest absolute Gasteiger partial charge is 0.0985 e. The Bertz CT molecular complexity index is 2120. The lowest BCUT2D eigenvalue weighted by Gasteiger charge is -2.49. The normalized spacial score (nSPS) is 22.4. The summed E-state index contributed by atoms with van der Waals surface area (Å²) in [5.41, 5.74) is 21.0. The van der Waals surface area contributed by atoms with Crippen molar-refractivity contribution in [2.45, 2.75) is 67.2 Å². The van der Waals surface area contributed by atoms with E-state index >= 15 is 0 Å². The van der Waals surface area contributed by atoms with E-state index in [9.17, 15) is 0 Å². The van der Waals surface area contributed by atoms with Crippen molar-refractivity contribution in [1.29, 1.82) is 0 Å². The van der Waals surface area contributed by atoms with Gasteiger partial charge in [-0.15, -0.1) is 0 Å². The van der Waals surface area contributed by atoms with Crippen molar-refractivity contribution in [3.05, 3.63) is 159 Å². The Morgan fingerprint density at radius 3 is 2.22 bits per heavy atom. The van der Waals surface area contributed by atoms with Crippen LogP contribution >= 0.6 is 0 Å². The van der Waals surface area contributed by atoms with Crippen molar-refractivity contribution in [2.75, 3.05) is 0 Å². The van der Waals surface area contributed by atoms with Crippen molar-refractivity contribution >= 4 is 45.1 Å². The molecule has 0 N–H and O–H groups in total. The summed E-state index contributed by atoms with van der Waals surface area (Å²) in [4.78, 5) is 0. The SMILES string of the molecule is C=C/C1=C2/B3c4c(ccc(C)c4\C1=C/C)C1(C4=C(CC(C)C=C4)c4ccccc41)c1ccc4cccc(c4c13)/C2=C/C.CC.CC. The zero-order valence-electron chi connectivity index (χ0n) is 28.8. The second kappa shape index (κ2) is 11.2. The number of aryl methyl sites for hydroxylation is 1. The molecule has 4 aromatic rings. The fourth-order valence-electron chi connectivity index (χ4n) is 9.53. The van der Waals surface area contributed by atoms with Crippen molar-refractivity contribution in [3.63, 3.8) is 0 Å². The average molecular weight is 597 g/mol. The predicted octanol–water partition coefficient (Wildman–Crippen LogP) is 10.7. The van der Waals surface area contributed by atoms with Gasteiger partial charge in [-0.2, -0.15) is 0 Å². The van der Waals surface area contributed by atoms with Crippen LogP contribution < -0.4 is 10.9 Å². The Labute approximate surface area is 276 Å². The van der Waals surface area contributed by atoms with Gasteiger partial charge in [-0.05, 0) is 111 Å². The van der Waals surface area contributed by atoms with Crippen molar-refractivity contribution < 1.29 is 0 Å². The van der Waals surface area contributed by atoms with Crippen molar-refractivity contribution in [1.82, 2.24) is 0 Å². The molecule has 1 spiro atoms. The van der Waals surface area contributed by atoms with Crippen LogP contribution in [0.3, 0.4) is 0 Å². The molecule has 46 heavy (non-hydrogen) atoms. The Hall–Kier alpha value is -4.36. The van der Waals surface area contributed by atoms with E-state index in [1.54, 1.807) is 0 Å². The highest BCUT2D eigenvalue weighted by molar-refractivity contribution is 6.97. The molecule has 3 heterocycles. The van der Waals surface area contributed by atoms with Gasteiger partial charge in [-0.25, -0.2) is 0 Å². The zero-order valence-corrected chi connectivity index (χ0v) is 28.8. The number of hydrogen-bond acceptors (Lipinski definition) is 0. The van der Waals surface area contributed by atoms with E-state index in [0.29, 0.717) is 5.92 Å². The first-order valence-corrected chi connectivity index (χ1v) is 17.5. The molecule has 228 valence electrons. The number of rotatable bonds is 1. The second-order valence-electron chi connectivity index (χ2n) is 12.7. The fraction of sp³-hybridized carbons (Fsp3) is 0.244. The summed E-state index contributed by atoms with van der Waals surface area (Å²) in [5.74, 6) is 0.536. The van der Waals surface area contributed by atoms with Gasteiger partial charge >= 0.3 is 0 Å². The maximum Gasteiger partial charge on any atom is 0.245 e. The van der Waals surface area contributed by atoms with Crippen LogP contribution in [-0.2, 0) is 5.41 Å². The van der Waals surface area contributed by atoms with E-state index in [4.69, 9.17) is 0 Å². The average Bonchev–Trinajstić information content (AvgIpc) is 3.39. The van der Waals surface area contributed by atoms with E-state index < -0.39 is 0 Å². The van der Waals surface area contributed by atoms with Gasteiger partial charge in [-0.1, -0.05) is 155 Å². The third-order valence-corrected chi connectivity index (χ3v) is 10.9. The Balaban J connectivity index is 0.000000815. The lowest BCUT2D eigenvalue weighted by atomic mass is 9.24. The summed E-state index contributed by atoms with van der Waals surface area (Å²) in [6, 6.07) is 25.9. The lowest BCUT2D eigenvalue weighted by Crippen LogP contribution is -2.61. The number of allylic oxidation sites excluding steroid dienone is 11. The van der Waals surface area contributed by atoms with Gasteiger partial charge in [0.2, 0.25) is 6.71 Å². The standard InChI is InChI=1S/C41H33B.2C2H6/c1-6-26-27(7-2)38-28(8-3)30-14-11-12-25-18-21-35-40(37(25)30)42(38)39-34(20-17-24(5)36(26)39)41(35)32-15-10-9-13-29(32)31-22-23(4)16-19-33(31)41;2*1-2/h6-21,23H,2,22H2,1,3-5H3;2*1-2H3/b26-6-,28-8-;;. The van der Waals surface area contributed by atoms with Gasteiger partial charge in [0.15, 0.2) is 0 Å². The molecule has 4 aromatic carbocycles. The van der Waals surface area contributed by atoms with E-state index in [1.165, 1.54) is 94.0 Å². The minimum atomic E-state index is -0.337. The molecule has 0 saturated heterocycles. The number of benzene rings is 4. The molecule has 3 aliphatic heterocycles. The van der Waals surface area contributed by atoms with E-state index in [1.807, 2.05) is 27.7 Å². The van der Waals surface area contributed by atoms with Gasteiger partial charge in [-0.3, -0.25) is 0 Å². The van der Waals surface area contributed by atoms with Crippen molar-refractivity contribution in [3.8, 4) is 0 Å². The van der Waals surface area contributed by atoms with Gasteiger partial charge < -0.3 is 0 Å². The second-order valence-corrected chi connectivity index (χ2v) is 12.7. The van der Waals surface area contributed by atoms with Gasteiger partial charge in [0.05, 0.1) is 5.41 Å². The van der Waals surface area contributed by atoms with Crippen molar-refractivity contribution in [2.24, 2.45) is 5.92 Å². The van der Waals surface area contributed by atoms with Crippen LogP contribution in [0.1, 0.15) is 93.8 Å². The maximum absolute atomic E-state index is 4.41. The summed E-state index contributed by atoms with van der Waals surface area (Å²) in [7, 11) is 0. The molecule has 0 amide bonds. The minimum absolute atomic E-state index is 0.181. The summed E-state index contributed by atoms with van der Waals surface area (Å²) in [6.45, 7) is 21.7. The lowest BCUT2D eigenvalue weighted by molar-refractivity contribution is 0.720. The maximum atomic E-state index is 4.41. The van der Waals surface area contributed by atoms with E-state index in [2.05, 4.69) is 131 Å². The first-order chi connectivity index (χ1) is 22.6. The molecule has 0 aromatic heterocycles. The molecule has 9 rings (SSSR count). The van der Waals surface area contributed by atoms with Crippen LogP contribution in [0.4, 0.5) is 0 Å². The highest BCUT2D eigenvalue weighted by Gasteiger charge is 2.57. The largest absolute Gasteiger partial charge is 0.245 e. The number of hydrogen-bond donors (Lipinski definition) is 0. The highest BCUT2D eigenvalue weighted by atomic mass is 14.5. The molecule has 0 fully saturated rings. The summed E-state index contributed by atoms with van der Waals surface area (Å²) in [5, 5.41) is 2.77. The molecule has 1 heteroatoms. The predicted molar refractivity (Wildman–Crippen MR) is 204 cm³/mol. The summed E-state index contributed by atoms with van der Waals surface area (Å²) in [6.07, 6.45) is 12.8. The van der Waals surface area contributed by atoms with Gasteiger partial charge in [0.25, 0.3) is 0 Å². The first-order valence-electron chi connectivity index (χ1n) is 17.5. The van der Waals surface area contributed by atoms with Gasteiger partial charge in [0, 0.05) is 0 Å². The number of fused-ring (bicyclic) bond motifs is 6. The summed E-state index contributed by atoms with van der Waals surface area (Å²) >= 11 is 0. The molecule has 0 bridgehead atoms. The molecule has 0 radical (unpaired) electrons. The summed E-state index contributed by atoms with van der Waals surface area (Å²) < 4.78 is 0. The molecule has 2 unspecified atom stereocenters. The van der Waals surface area contributed by atoms with Crippen LogP contribution in [0.2, 0.25) is 0 Å². The third-order valence-electron chi connectivity index (χ3n) is 10.9. The molecule has 2 atom stereocenters. The first kappa shape index (κ1) is 30.3. The molecule has 5 aliphatic rings. The van der Waals surface area contributed by atoms with E-state index in [-0.39, 0.29) is 12.1 Å². The minimum Gasteiger partial charge on any atom is -0.0985 e. The molecular formula is C45H45B. The molecule has 2 aliphatic carbocycles. The Morgan fingerprint density at radius 1 is 0.783 bits per heavy atom. The quantitative estimate of drug-likeness (QED) is 0.192. The molecule has 0 saturated carbocycles. The highest BCUT2D eigenvalue weighted by Crippen LogP contribution is 2.60. The van der Waals surface area contributed by atoms with Gasteiger partial charge in [0.1, 0.15) is 0 Å². The Kier molecular flexibility index (Phi) is 7.36. The monoisotopic (exact) mass is 596 g/mol. The van der Waals surface area contributed by atoms with Crippen LogP contribution in [0, 0.1) is 12.8 Å². The van der Waals surface area contributed by atoms with Crippen LogP contribution in [0.15, 0.2) is 120 Å². The molecular weight excluding hydrogens is 551 g/mol. The van der Waals surface area contributed by atoms with E-state index in [0.717, 1.165) is 6.42 Å².